The van der Waals surface area contributed by atoms with Gasteiger partial charge in [0.1, 0.15) is 18.2 Å². The van der Waals surface area contributed by atoms with Crippen molar-refractivity contribution in [2.24, 2.45) is 0 Å². The number of ether oxygens (including phenoxy) is 2. The molecule has 0 saturated carbocycles. The molecule has 0 spiro atoms. The summed E-state index contributed by atoms with van der Waals surface area (Å²) in [5.41, 5.74) is -0.0382. The molecule has 2 aromatic carbocycles. The number of rotatable bonds is 10. The number of aromatic nitrogens is 3. The molecule has 4 aromatic rings. The van der Waals surface area contributed by atoms with Crippen LogP contribution in [0.4, 0.5) is 8.78 Å². The van der Waals surface area contributed by atoms with Crippen molar-refractivity contribution in [3.05, 3.63) is 99.4 Å². The van der Waals surface area contributed by atoms with Gasteiger partial charge in [0.05, 0.1) is 29.2 Å². The topological polar surface area (TPSA) is 144 Å². The van der Waals surface area contributed by atoms with Gasteiger partial charge in [0, 0.05) is 30.5 Å². The van der Waals surface area contributed by atoms with Crippen LogP contribution in [0, 0.1) is 30.0 Å². The number of hydrogen-bond acceptors (Lipinski definition) is 9. The highest BCUT2D eigenvalue weighted by Gasteiger charge is 2.33. The largest absolute Gasteiger partial charge is 0.492 e. The number of pyridine rings is 1. The molecule has 1 atom stereocenters. The summed E-state index contributed by atoms with van der Waals surface area (Å²) in [6.45, 7) is 3.01. The van der Waals surface area contributed by atoms with Crippen LogP contribution < -0.4 is 5.56 Å². The van der Waals surface area contributed by atoms with Gasteiger partial charge in [-0.3, -0.25) is 9.36 Å². The van der Waals surface area contributed by atoms with E-state index in [9.17, 15) is 28.0 Å². The number of benzene rings is 2. The minimum Gasteiger partial charge on any atom is -0.492 e. The molecule has 0 saturated heterocycles. The van der Waals surface area contributed by atoms with Crippen molar-refractivity contribution in [3.8, 4) is 23.1 Å². The Balaban J connectivity index is 1.92. The van der Waals surface area contributed by atoms with Crippen LogP contribution in [0.5, 0.6) is 5.88 Å². The Morgan fingerprint density at radius 1 is 1.10 bits per heavy atom. The van der Waals surface area contributed by atoms with E-state index in [2.05, 4.69) is 9.97 Å². The molecule has 13 heteroatoms. The minimum atomic E-state index is -4.84. The van der Waals surface area contributed by atoms with Crippen molar-refractivity contribution in [1.82, 2.24) is 14.5 Å². The summed E-state index contributed by atoms with van der Waals surface area (Å²) in [4.78, 5) is 19.9. The van der Waals surface area contributed by atoms with Gasteiger partial charge in [0.2, 0.25) is 21.7 Å². The lowest BCUT2D eigenvalue weighted by atomic mass is 10.0. The molecule has 1 N–H and O–H groups in total. The van der Waals surface area contributed by atoms with E-state index >= 15 is 4.39 Å². The number of halogens is 2. The van der Waals surface area contributed by atoms with Gasteiger partial charge < -0.3 is 14.6 Å². The van der Waals surface area contributed by atoms with Crippen molar-refractivity contribution in [2.45, 2.75) is 36.3 Å². The van der Waals surface area contributed by atoms with Gasteiger partial charge >= 0.3 is 0 Å². The molecule has 2 aromatic heterocycles. The van der Waals surface area contributed by atoms with E-state index in [0.717, 1.165) is 22.8 Å². The predicted octanol–water partition coefficient (Wildman–Crippen LogP) is 4.07. The molecule has 0 aliphatic heterocycles. The summed E-state index contributed by atoms with van der Waals surface area (Å²) in [6, 6.07) is 12.6. The highest BCUT2D eigenvalue weighted by molar-refractivity contribution is 7.91. The second-order valence-electron chi connectivity index (χ2n) is 9.11. The summed E-state index contributed by atoms with van der Waals surface area (Å²) in [5, 5.41) is 20.1. The molecule has 4 rings (SSSR count). The minimum absolute atomic E-state index is 0.0386. The molecule has 2 heterocycles. The Morgan fingerprint density at radius 3 is 2.48 bits per heavy atom. The monoisotopic (exact) mass is 596 g/mol. The molecular weight excluding hydrogens is 570 g/mol. The van der Waals surface area contributed by atoms with Crippen LogP contribution in [-0.2, 0) is 25.9 Å². The summed E-state index contributed by atoms with van der Waals surface area (Å²) in [7, 11) is -3.46. The van der Waals surface area contributed by atoms with Crippen molar-refractivity contribution in [2.75, 3.05) is 20.3 Å². The molecule has 0 aliphatic rings. The fraction of sp³-hybridized carbons (Fsp3) is 0.241. The van der Waals surface area contributed by atoms with E-state index in [1.165, 1.54) is 26.2 Å². The first-order valence-corrected chi connectivity index (χ1v) is 14.1. The Labute approximate surface area is 240 Å². The maximum Gasteiger partial charge on any atom is 0.277 e. The number of hydrogen-bond donors (Lipinski definition) is 1. The third-order valence-corrected chi connectivity index (χ3v) is 8.23. The van der Waals surface area contributed by atoms with Gasteiger partial charge in [0.25, 0.3) is 5.56 Å². The lowest BCUT2D eigenvalue weighted by molar-refractivity contribution is 0.116. The van der Waals surface area contributed by atoms with Gasteiger partial charge in [0.15, 0.2) is 4.90 Å². The first-order chi connectivity index (χ1) is 20.0. The summed E-state index contributed by atoms with van der Waals surface area (Å²) in [5.74, 6) is -2.91. The fourth-order valence-corrected chi connectivity index (χ4v) is 5.86. The second kappa shape index (κ2) is 12.6. The zero-order valence-electron chi connectivity index (χ0n) is 22.8. The van der Waals surface area contributed by atoms with Gasteiger partial charge in [-0.1, -0.05) is 18.2 Å². The van der Waals surface area contributed by atoms with E-state index in [4.69, 9.17) is 9.47 Å². The van der Waals surface area contributed by atoms with E-state index in [1.807, 2.05) is 6.07 Å². The maximum atomic E-state index is 15.3. The summed E-state index contributed by atoms with van der Waals surface area (Å²) >= 11 is 0. The highest BCUT2D eigenvalue weighted by atomic mass is 32.2. The zero-order chi connectivity index (χ0) is 30.6. The number of sulfone groups is 1. The van der Waals surface area contributed by atoms with Crippen molar-refractivity contribution in [3.63, 3.8) is 0 Å². The third kappa shape index (κ3) is 5.91. The molecule has 0 aliphatic carbocycles. The zero-order valence-corrected chi connectivity index (χ0v) is 23.7. The van der Waals surface area contributed by atoms with Crippen LogP contribution in [0.2, 0.25) is 0 Å². The molecule has 42 heavy (non-hydrogen) atoms. The first kappa shape index (κ1) is 30.4. The Bertz CT molecular complexity index is 1850. The molecule has 10 nitrogen and oxygen atoms in total. The molecular formula is C29H26F2N4O6S. The number of nitrogens with zero attached hydrogens (tertiary/aromatic N) is 4. The SMILES string of the molecule is CCOCc1nc(O)c(S(=O)(=O)c2ccc(-c3ccc(F)nc3C)c(F)c2)c(=O)n1[C@@H](COC)c1cccc(C#N)c1. The number of nitriles is 1. The molecule has 0 fully saturated rings. The van der Waals surface area contributed by atoms with Crippen LogP contribution in [0.25, 0.3) is 11.1 Å². The van der Waals surface area contributed by atoms with Crippen LogP contribution in [0.15, 0.2) is 69.2 Å². The average molecular weight is 597 g/mol. The highest BCUT2D eigenvalue weighted by Crippen LogP contribution is 2.31. The summed E-state index contributed by atoms with van der Waals surface area (Å²) in [6.07, 6.45) is 0. The standard InChI is InChI=1S/C29H26F2N4O6S/c1-4-41-16-26-34-28(36)27(29(37)35(26)24(15-40-3)19-7-5-6-18(12-19)14-32)42(38,39)20-8-9-22(23(30)13-20)21-10-11-25(31)33-17(21)2/h5-13,24,36H,4,15-16H2,1-3H3/t24-/m0/s1. The average Bonchev–Trinajstić information content (AvgIpc) is 2.95. The normalized spacial score (nSPS) is 12.2. The number of aromatic hydroxyl groups is 1. The van der Waals surface area contributed by atoms with E-state index < -0.39 is 48.9 Å². The molecule has 0 radical (unpaired) electrons. The van der Waals surface area contributed by atoms with Gasteiger partial charge in [-0.2, -0.15) is 14.6 Å². The van der Waals surface area contributed by atoms with Gasteiger partial charge in [-0.25, -0.2) is 17.8 Å². The summed E-state index contributed by atoms with van der Waals surface area (Å²) < 4.78 is 68.0. The lowest BCUT2D eigenvalue weighted by Crippen LogP contribution is -2.35. The van der Waals surface area contributed by atoms with Crippen LogP contribution in [0.3, 0.4) is 0 Å². The molecule has 218 valence electrons. The van der Waals surface area contributed by atoms with Crippen molar-refractivity contribution < 1.29 is 31.8 Å². The van der Waals surface area contributed by atoms with E-state index in [1.54, 1.807) is 25.1 Å². The smallest absolute Gasteiger partial charge is 0.277 e. The van der Waals surface area contributed by atoms with Crippen molar-refractivity contribution in [1.29, 1.82) is 5.26 Å². The van der Waals surface area contributed by atoms with Gasteiger partial charge in [-0.05, 0) is 55.8 Å². The van der Waals surface area contributed by atoms with Crippen LogP contribution in [-0.4, -0.2) is 48.4 Å². The quantitative estimate of drug-likeness (QED) is 0.268. The van der Waals surface area contributed by atoms with E-state index in [0.29, 0.717) is 11.6 Å². The number of methoxy groups -OCH3 is 1. The fourth-order valence-electron chi connectivity index (χ4n) is 4.51. The van der Waals surface area contributed by atoms with Crippen LogP contribution in [0.1, 0.15) is 35.6 Å². The number of aryl methyl sites for hydroxylation is 1. The molecule has 0 unspecified atom stereocenters. The van der Waals surface area contributed by atoms with E-state index in [-0.39, 0.29) is 48.0 Å². The predicted molar refractivity (Wildman–Crippen MR) is 146 cm³/mol. The maximum absolute atomic E-state index is 15.3. The van der Waals surface area contributed by atoms with Crippen LogP contribution >= 0.6 is 0 Å². The Kier molecular flexibility index (Phi) is 9.11. The van der Waals surface area contributed by atoms with Crippen molar-refractivity contribution >= 4 is 9.84 Å². The molecule has 0 amide bonds. The second-order valence-corrected chi connectivity index (χ2v) is 11.0. The first-order valence-electron chi connectivity index (χ1n) is 12.6. The lowest BCUT2D eigenvalue weighted by Gasteiger charge is -2.24. The third-order valence-electron chi connectivity index (χ3n) is 6.46. The Morgan fingerprint density at radius 2 is 1.83 bits per heavy atom. The molecule has 0 bridgehead atoms. The van der Waals surface area contributed by atoms with Gasteiger partial charge in [-0.15, -0.1) is 0 Å². The Hall–Kier alpha value is -4.51.